The molecule has 0 amide bonds. The number of nitriles is 2. The Bertz CT molecular complexity index is 302. The zero-order valence-electron chi connectivity index (χ0n) is 13.9. The van der Waals surface area contributed by atoms with E-state index in [9.17, 15) is 9.59 Å². The monoisotopic (exact) mass is 336 g/mol. The van der Waals surface area contributed by atoms with Crippen molar-refractivity contribution in [1.29, 1.82) is 10.5 Å². The van der Waals surface area contributed by atoms with Gasteiger partial charge in [0, 0.05) is 26.9 Å². The SMILES string of the molecule is CC#N.CC#N.CC(O)CN.CC(O)CN.O=C(O)CC(=O)O. The van der Waals surface area contributed by atoms with E-state index in [0.717, 1.165) is 0 Å². The van der Waals surface area contributed by atoms with E-state index in [2.05, 4.69) is 0 Å². The van der Waals surface area contributed by atoms with Gasteiger partial charge in [-0.1, -0.05) is 0 Å². The summed E-state index contributed by atoms with van der Waals surface area (Å²) in [4.78, 5) is 18.9. The van der Waals surface area contributed by atoms with Gasteiger partial charge < -0.3 is 31.9 Å². The number of nitrogens with zero attached hydrogens (tertiary/aromatic N) is 2. The van der Waals surface area contributed by atoms with E-state index in [1.54, 1.807) is 26.0 Å². The zero-order chi connectivity index (χ0) is 19.8. The largest absolute Gasteiger partial charge is 0.481 e. The molecule has 0 aliphatic carbocycles. The topological polar surface area (TPSA) is 215 Å². The highest BCUT2D eigenvalue weighted by atomic mass is 16.4. The summed E-state index contributed by atoms with van der Waals surface area (Å²) in [6, 6.07) is 3.50. The summed E-state index contributed by atoms with van der Waals surface area (Å²) in [5, 5.41) is 46.5. The molecule has 2 atom stereocenters. The van der Waals surface area contributed by atoms with Crippen LogP contribution in [-0.4, -0.2) is 57.7 Å². The van der Waals surface area contributed by atoms with Gasteiger partial charge in [0.2, 0.25) is 0 Å². The molecule has 0 fully saturated rings. The van der Waals surface area contributed by atoms with Gasteiger partial charge in [0.1, 0.15) is 6.42 Å². The summed E-state index contributed by atoms with van der Waals surface area (Å²) in [5.74, 6) is -2.62. The van der Waals surface area contributed by atoms with Crippen molar-refractivity contribution >= 4 is 11.9 Å². The maximum atomic E-state index is 9.43. The number of hydrogen-bond donors (Lipinski definition) is 6. The minimum absolute atomic E-state index is 0.338. The van der Waals surface area contributed by atoms with Gasteiger partial charge in [-0.15, -0.1) is 0 Å². The second-order valence-electron chi connectivity index (χ2n) is 3.58. The Balaban J connectivity index is -0.0000000612. The van der Waals surface area contributed by atoms with Gasteiger partial charge in [0.05, 0.1) is 24.3 Å². The van der Waals surface area contributed by atoms with E-state index in [0.29, 0.717) is 13.1 Å². The van der Waals surface area contributed by atoms with Gasteiger partial charge in [-0.05, 0) is 13.8 Å². The summed E-state index contributed by atoms with van der Waals surface area (Å²) in [5.41, 5.74) is 9.84. The van der Waals surface area contributed by atoms with E-state index < -0.39 is 18.4 Å². The molecule has 0 aromatic carbocycles. The Labute approximate surface area is 136 Å². The fraction of sp³-hybridized carbons (Fsp3) is 0.692. The van der Waals surface area contributed by atoms with Crippen LogP contribution in [0.1, 0.15) is 34.1 Å². The van der Waals surface area contributed by atoms with Crippen molar-refractivity contribution in [3.8, 4) is 12.1 Å². The standard InChI is InChI=1S/2C3H9NO.C3H4O4.2C2H3N/c2*1-3(5)2-4;4-2(5)1-3(6)7;2*1-2-3/h2*3,5H,2,4H2,1H3;1H2,(H,4,5)(H,6,7);2*1H3. The van der Waals surface area contributed by atoms with E-state index in [1.807, 2.05) is 0 Å². The van der Waals surface area contributed by atoms with Crippen molar-refractivity contribution in [2.75, 3.05) is 13.1 Å². The lowest BCUT2D eigenvalue weighted by Crippen LogP contribution is -2.14. The molecule has 10 nitrogen and oxygen atoms in total. The second-order valence-corrected chi connectivity index (χ2v) is 3.58. The zero-order valence-corrected chi connectivity index (χ0v) is 13.9. The molecule has 23 heavy (non-hydrogen) atoms. The van der Waals surface area contributed by atoms with Gasteiger partial charge in [0.25, 0.3) is 0 Å². The lowest BCUT2D eigenvalue weighted by atomic mass is 10.4. The number of aliphatic hydroxyl groups is 2. The summed E-state index contributed by atoms with van der Waals surface area (Å²) in [6.07, 6.45) is -1.48. The molecular weight excluding hydrogens is 308 g/mol. The third kappa shape index (κ3) is 188. The van der Waals surface area contributed by atoms with E-state index >= 15 is 0 Å². The molecule has 0 heterocycles. The molecule has 10 heteroatoms. The molecule has 0 spiro atoms. The van der Waals surface area contributed by atoms with Crippen molar-refractivity contribution in [3.63, 3.8) is 0 Å². The molecule has 0 saturated heterocycles. The molecule has 136 valence electrons. The molecule has 0 aliphatic heterocycles. The number of aliphatic hydroxyl groups excluding tert-OH is 2. The number of aliphatic carboxylic acids is 2. The van der Waals surface area contributed by atoms with Crippen LogP contribution in [0.5, 0.6) is 0 Å². The molecule has 0 rings (SSSR count). The van der Waals surface area contributed by atoms with Crippen LogP contribution in [0.2, 0.25) is 0 Å². The van der Waals surface area contributed by atoms with Crippen LogP contribution in [0.25, 0.3) is 0 Å². The van der Waals surface area contributed by atoms with Crippen LogP contribution in [0.3, 0.4) is 0 Å². The first-order valence-electron chi connectivity index (χ1n) is 6.31. The first-order chi connectivity index (χ1) is 10.5. The summed E-state index contributed by atoms with van der Waals surface area (Å²) in [6.45, 7) is 6.89. The van der Waals surface area contributed by atoms with Crippen molar-refractivity contribution < 1.29 is 30.0 Å². The highest BCUT2D eigenvalue weighted by molar-refractivity contribution is 5.88. The van der Waals surface area contributed by atoms with Gasteiger partial charge >= 0.3 is 11.9 Å². The predicted molar refractivity (Wildman–Crippen MR) is 83.9 cm³/mol. The van der Waals surface area contributed by atoms with Crippen molar-refractivity contribution in [2.45, 2.75) is 46.3 Å². The van der Waals surface area contributed by atoms with Crippen LogP contribution in [0, 0.1) is 22.7 Å². The average Bonchev–Trinajstić information content (AvgIpc) is 2.40. The third-order valence-corrected chi connectivity index (χ3v) is 0.985. The fourth-order valence-electron chi connectivity index (χ4n) is 0.129. The number of nitrogens with two attached hydrogens (primary N) is 2. The van der Waals surface area contributed by atoms with Gasteiger partial charge in [-0.3, -0.25) is 9.59 Å². The highest BCUT2D eigenvalue weighted by Crippen LogP contribution is 1.74. The molecule has 0 saturated carbocycles. The molecule has 0 aromatic rings. The van der Waals surface area contributed by atoms with E-state index in [1.165, 1.54) is 13.8 Å². The maximum absolute atomic E-state index is 9.43. The fourth-order valence-corrected chi connectivity index (χ4v) is 0.129. The van der Waals surface area contributed by atoms with Gasteiger partial charge in [-0.25, -0.2) is 0 Å². The summed E-state index contributed by atoms with van der Waals surface area (Å²) >= 11 is 0. The lowest BCUT2D eigenvalue weighted by Gasteiger charge is -1.91. The Morgan fingerprint density at radius 2 is 1.04 bits per heavy atom. The van der Waals surface area contributed by atoms with Crippen LogP contribution in [-0.2, 0) is 9.59 Å². The number of carboxylic acid groups (broad SMARTS) is 2. The van der Waals surface area contributed by atoms with Crippen molar-refractivity contribution in [3.05, 3.63) is 0 Å². The molecule has 0 aromatic heterocycles. The first kappa shape index (κ1) is 32.6. The Morgan fingerprint density at radius 3 is 1.04 bits per heavy atom. The Kier molecular flexibility index (Phi) is 45.3. The molecule has 8 N–H and O–H groups in total. The normalized spacial score (nSPS) is 9.65. The van der Waals surface area contributed by atoms with E-state index in [-0.39, 0.29) is 12.2 Å². The van der Waals surface area contributed by atoms with Crippen molar-refractivity contribution in [2.24, 2.45) is 11.5 Å². The second kappa shape index (κ2) is 31.9. The Morgan fingerprint density at radius 1 is 0.913 bits per heavy atom. The van der Waals surface area contributed by atoms with Gasteiger partial charge in [-0.2, -0.15) is 10.5 Å². The van der Waals surface area contributed by atoms with E-state index in [4.69, 9.17) is 42.4 Å². The maximum Gasteiger partial charge on any atom is 0.314 e. The molecule has 0 radical (unpaired) electrons. The average molecular weight is 336 g/mol. The van der Waals surface area contributed by atoms with Gasteiger partial charge in [0.15, 0.2) is 0 Å². The quantitative estimate of drug-likeness (QED) is 0.353. The van der Waals surface area contributed by atoms with Crippen LogP contribution in [0.4, 0.5) is 0 Å². The highest BCUT2D eigenvalue weighted by Gasteiger charge is 2.01. The minimum Gasteiger partial charge on any atom is -0.481 e. The number of carbonyl (C=O) groups is 2. The summed E-state index contributed by atoms with van der Waals surface area (Å²) < 4.78 is 0. The third-order valence-electron chi connectivity index (χ3n) is 0.985. The molecule has 2 unspecified atom stereocenters. The predicted octanol–water partition coefficient (Wildman–Crippen LogP) is -0.743. The molecule has 0 bridgehead atoms. The Hall–Kier alpha value is -2.24. The van der Waals surface area contributed by atoms with Crippen LogP contribution in [0.15, 0.2) is 0 Å². The smallest absolute Gasteiger partial charge is 0.314 e. The molecular formula is C13H28N4O6. The van der Waals surface area contributed by atoms with Crippen LogP contribution >= 0.6 is 0 Å². The number of carboxylic acids is 2. The summed E-state index contributed by atoms with van der Waals surface area (Å²) in [7, 11) is 0. The molecule has 0 aliphatic rings. The van der Waals surface area contributed by atoms with Crippen LogP contribution < -0.4 is 11.5 Å². The minimum atomic E-state index is -1.31. The first-order valence-corrected chi connectivity index (χ1v) is 6.31. The van der Waals surface area contributed by atoms with Crippen molar-refractivity contribution in [1.82, 2.24) is 0 Å². The number of hydrogen-bond acceptors (Lipinski definition) is 8. The number of rotatable bonds is 4. The lowest BCUT2D eigenvalue weighted by molar-refractivity contribution is -0.147.